The van der Waals surface area contributed by atoms with Crippen LogP contribution in [0.4, 0.5) is 5.69 Å². The molecule has 1 atom stereocenters. The Labute approximate surface area is 166 Å². The number of amides is 1. The first-order valence-electron chi connectivity index (χ1n) is 8.60. The predicted octanol–water partition coefficient (Wildman–Crippen LogP) is 4.40. The predicted molar refractivity (Wildman–Crippen MR) is 112 cm³/mol. The number of nitrogens with one attached hydrogen (secondary N) is 1. The fourth-order valence-corrected chi connectivity index (χ4v) is 3.85. The quantitative estimate of drug-likeness (QED) is 0.508. The molecule has 1 amide bonds. The lowest BCUT2D eigenvalue weighted by Crippen LogP contribution is -2.27. The number of halogens is 1. The zero-order chi connectivity index (χ0) is 19.6. The van der Waals surface area contributed by atoms with E-state index in [-0.39, 0.29) is 16.7 Å². The molecule has 3 rings (SSSR count). The number of anilines is 1. The lowest BCUT2D eigenvalue weighted by Gasteiger charge is -2.17. The van der Waals surface area contributed by atoms with Gasteiger partial charge in [0.05, 0.1) is 16.2 Å². The van der Waals surface area contributed by atoms with Crippen molar-refractivity contribution in [2.75, 3.05) is 5.32 Å². The van der Waals surface area contributed by atoms with E-state index in [4.69, 9.17) is 11.6 Å². The molecule has 0 radical (unpaired) electrons. The third-order valence-corrected chi connectivity index (χ3v) is 5.95. The molecule has 27 heavy (non-hydrogen) atoms. The minimum atomic E-state index is -0.386. The molecular weight excluding hydrogens is 382 g/mol. The van der Waals surface area contributed by atoms with E-state index in [0.29, 0.717) is 33.2 Å². The van der Waals surface area contributed by atoms with Crippen LogP contribution in [0.5, 0.6) is 0 Å². The molecule has 0 aliphatic heterocycles. The molecule has 1 unspecified atom stereocenters. The van der Waals surface area contributed by atoms with Gasteiger partial charge in [0.25, 0.3) is 5.56 Å². The summed E-state index contributed by atoms with van der Waals surface area (Å²) in [6.45, 7) is 3.84. The Morgan fingerprint density at radius 3 is 2.78 bits per heavy atom. The molecule has 5 nitrogen and oxygen atoms in total. The van der Waals surface area contributed by atoms with Gasteiger partial charge in [-0.05, 0) is 43.2 Å². The summed E-state index contributed by atoms with van der Waals surface area (Å²) in [6, 6.07) is 12.6. The number of thioether (sulfide) groups is 1. The van der Waals surface area contributed by atoms with Gasteiger partial charge in [-0.1, -0.05) is 48.5 Å². The standard InChI is InChI=1S/C20H20ClN3O2S/c1-4-17(18(25)22-16-11-13(21)10-9-12(16)2)27-20-23-15-8-6-5-7-14(15)19(26)24(20)3/h5-11,17H,4H2,1-3H3,(H,22,25). The number of carbonyl (C=O) groups excluding carboxylic acids is 1. The number of benzene rings is 2. The highest BCUT2D eigenvalue weighted by Crippen LogP contribution is 2.27. The molecule has 7 heteroatoms. The van der Waals surface area contributed by atoms with Gasteiger partial charge in [0.1, 0.15) is 0 Å². The molecule has 0 spiro atoms. The van der Waals surface area contributed by atoms with E-state index in [9.17, 15) is 9.59 Å². The molecule has 0 saturated heterocycles. The third kappa shape index (κ3) is 4.17. The van der Waals surface area contributed by atoms with Gasteiger partial charge in [0.2, 0.25) is 5.91 Å². The minimum Gasteiger partial charge on any atom is -0.325 e. The third-order valence-electron chi connectivity index (χ3n) is 4.31. The molecular formula is C20H20ClN3O2S. The summed E-state index contributed by atoms with van der Waals surface area (Å²) < 4.78 is 1.49. The van der Waals surface area contributed by atoms with Gasteiger partial charge in [-0.15, -0.1) is 0 Å². The average Bonchev–Trinajstić information content (AvgIpc) is 2.66. The maximum atomic E-state index is 12.8. The van der Waals surface area contributed by atoms with Crippen LogP contribution >= 0.6 is 23.4 Å². The van der Waals surface area contributed by atoms with Crippen LogP contribution in [0.3, 0.4) is 0 Å². The molecule has 1 heterocycles. The van der Waals surface area contributed by atoms with E-state index in [1.165, 1.54) is 16.3 Å². The van der Waals surface area contributed by atoms with Gasteiger partial charge in [0.15, 0.2) is 5.16 Å². The molecule has 0 bridgehead atoms. The highest BCUT2D eigenvalue weighted by molar-refractivity contribution is 8.00. The topological polar surface area (TPSA) is 64.0 Å². The summed E-state index contributed by atoms with van der Waals surface area (Å²) in [5.41, 5.74) is 2.13. The van der Waals surface area contributed by atoms with Gasteiger partial charge in [-0.2, -0.15) is 0 Å². The molecule has 0 aliphatic carbocycles. The van der Waals surface area contributed by atoms with Crippen molar-refractivity contribution in [1.29, 1.82) is 0 Å². The van der Waals surface area contributed by atoms with E-state index in [1.54, 1.807) is 31.3 Å². The Hall–Kier alpha value is -2.31. The zero-order valence-electron chi connectivity index (χ0n) is 15.3. The van der Waals surface area contributed by atoms with Crippen LogP contribution in [-0.2, 0) is 11.8 Å². The van der Waals surface area contributed by atoms with Crippen LogP contribution in [0.2, 0.25) is 5.02 Å². The maximum Gasteiger partial charge on any atom is 0.261 e. The fourth-order valence-electron chi connectivity index (χ4n) is 2.69. The Morgan fingerprint density at radius 1 is 1.30 bits per heavy atom. The number of aryl methyl sites for hydroxylation is 1. The highest BCUT2D eigenvalue weighted by Gasteiger charge is 2.21. The normalized spacial score (nSPS) is 12.1. The van der Waals surface area contributed by atoms with Crippen molar-refractivity contribution >= 4 is 45.9 Å². The molecule has 140 valence electrons. The Bertz CT molecular complexity index is 1060. The minimum absolute atomic E-state index is 0.121. The van der Waals surface area contributed by atoms with Crippen molar-refractivity contribution in [2.24, 2.45) is 7.05 Å². The van der Waals surface area contributed by atoms with Gasteiger partial charge in [-0.25, -0.2) is 4.98 Å². The second kappa shape index (κ2) is 8.15. The summed E-state index contributed by atoms with van der Waals surface area (Å²) in [4.78, 5) is 29.9. The van der Waals surface area contributed by atoms with Crippen molar-refractivity contribution in [3.63, 3.8) is 0 Å². The van der Waals surface area contributed by atoms with E-state index >= 15 is 0 Å². The van der Waals surface area contributed by atoms with Gasteiger partial charge >= 0.3 is 0 Å². The lowest BCUT2D eigenvalue weighted by molar-refractivity contribution is -0.115. The monoisotopic (exact) mass is 401 g/mol. The van der Waals surface area contributed by atoms with Crippen LogP contribution < -0.4 is 10.9 Å². The summed E-state index contributed by atoms with van der Waals surface area (Å²) in [6.07, 6.45) is 0.596. The molecule has 3 aromatic rings. The summed E-state index contributed by atoms with van der Waals surface area (Å²) >= 11 is 7.32. The van der Waals surface area contributed by atoms with E-state index < -0.39 is 0 Å². The van der Waals surface area contributed by atoms with Gasteiger partial charge < -0.3 is 5.32 Å². The van der Waals surface area contributed by atoms with Crippen LogP contribution in [-0.4, -0.2) is 20.7 Å². The van der Waals surface area contributed by atoms with Crippen LogP contribution in [0.25, 0.3) is 10.9 Å². The Morgan fingerprint density at radius 2 is 2.04 bits per heavy atom. The first kappa shape index (κ1) is 19.5. The maximum absolute atomic E-state index is 12.8. The largest absolute Gasteiger partial charge is 0.325 e. The zero-order valence-corrected chi connectivity index (χ0v) is 16.9. The highest BCUT2D eigenvalue weighted by atomic mass is 35.5. The first-order chi connectivity index (χ1) is 12.9. The van der Waals surface area contributed by atoms with E-state index in [2.05, 4.69) is 10.3 Å². The number of rotatable bonds is 5. The van der Waals surface area contributed by atoms with E-state index in [0.717, 1.165) is 5.56 Å². The second-order valence-corrected chi connectivity index (χ2v) is 7.85. The van der Waals surface area contributed by atoms with Crippen LogP contribution in [0.1, 0.15) is 18.9 Å². The molecule has 0 fully saturated rings. The van der Waals surface area contributed by atoms with Gasteiger partial charge in [0, 0.05) is 17.8 Å². The summed E-state index contributed by atoms with van der Waals surface area (Å²) in [7, 11) is 1.68. The van der Waals surface area contributed by atoms with Crippen molar-refractivity contribution < 1.29 is 4.79 Å². The van der Waals surface area contributed by atoms with E-state index in [1.807, 2.05) is 32.0 Å². The van der Waals surface area contributed by atoms with Crippen LogP contribution in [0, 0.1) is 6.92 Å². The number of para-hydroxylation sites is 1. The molecule has 1 N–H and O–H groups in total. The SMILES string of the molecule is CCC(Sc1nc2ccccc2c(=O)n1C)C(=O)Nc1cc(Cl)ccc1C. The van der Waals surface area contributed by atoms with Crippen molar-refractivity contribution in [3.8, 4) is 0 Å². The smallest absolute Gasteiger partial charge is 0.261 e. The Kier molecular flexibility index (Phi) is 5.87. The van der Waals surface area contributed by atoms with Crippen molar-refractivity contribution in [3.05, 3.63) is 63.4 Å². The summed E-state index contributed by atoms with van der Waals surface area (Å²) in [5.74, 6) is -0.143. The number of fused-ring (bicyclic) bond motifs is 1. The van der Waals surface area contributed by atoms with Crippen molar-refractivity contribution in [2.45, 2.75) is 30.7 Å². The van der Waals surface area contributed by atoms with Crippen molar-refractivity contribution in [1.82, 2.24) is 9.55 Å². The van der Waals surface area contributed by atoms with Crippen LogP contribution in [0.15, 0.2) is 52.4 Å². The summed E-state index contributed by atoms with van der Waals surface area (Å²) in [5, 5.41) is 4.20. The molecule has 0 saturated carbocycles. The second-order valence-electron chi connectivity index (χ2n) is 6.24. The molecule has 0 aliphatic rings. The average molecular weight is 402 g/mol. The number of hydrogen-bond donors (Lipinski definition) is 1. The Balaban J connectivity index is 1.87. The fraction of sp³-hybridized carbons (Fsp3) is 0.250. The molecule has 2 aromatic carbocycles. The number of hydrogen-bond acceptors (Lipinski definition) is 4. The first-order valence-corrected chi connectivity index (χ1v) is 9.86. The number of nitrogens with zero attached hydrogens (tertiary/aromatic N) is 2. The molecule has 1 aromatic heterocycles. The van der Waals surface area contributed by atoms with Gasteiger partial charge in [-0.3, -0.25) is 14.2 Å². The lowest BCUT2D eigenvalue weighted by atomic mass is 10.2. The number of carbonyl (C=O) groups is 1. The number of aromatic nitrogens is 2.